The maximum Gasteiger partial charge on any atom is 0.133 e. The number of rotatable bonds is 8. The van der Waals surface area contributed by atoms with Crippen molar-refractivity contribution in [1.29, 1.82) is 0 Å². The summed E-state index contributed by atoms with van der Waals surface area (Å²) in [6.07, 6.45) is 1.14. The lowest BCUT2D eigenvalue weighted by Crippen LogP contribution is -2.34. The first kappa shape index (κ1) is 16.9. The normalized spacial score (nSPS) is 11.2. The summed E-state index contributed by atoms with van der Waals surface area (Å²) in [5.41, 5.74) is 3.75. The number of hydrogen-bond acceptors (Lipinski definition) is 4. The van der Waals surface area contributed by atoms with Crippen molar-refractivity contribution in [3.8, 4) is 0 Å². The lowest BCUT2D eigenvalue weighted by molar-refractivity contribution is 0.412. The molecule has 0 saturated carbocycles. The van der Waals surface area contributed by atoms with Gasteiger partial charge in [0.15, 0.2) is 0 Å². The Hall–Kier alpha value is -1.13. The molecule has 0 aromatic carbocycles. The van der Waals surface area contributed by atoms with Gasteiger partial charge in [0.25, 0.3) is 0 Å². The van der Waals surface area contributed by atoms with Crippen molar-refractivity contribution in [1.82, 2.24) is 15.2 Å². The van der Waals surface area contributed by atoms with Crippen LogP contribution in [0, 0.1) is 13.8 Å². The van der Waals surface area contributed by atoms with E-state index in [2.05, 4.69) is 56.0 Å². The molecule has 1 aromatic rings. The molecule has 114 valence electrons. The van der Waals surface area contributed by atoms with Crippen LogP contribution < -0.4 is 10.2 Å². The maximum absolute atomic E-state index is 4.82. The largest absolute Gasteiger partial charge is 0.355 e. The number of pyridine rings is 1. The van der Waals surface area contributed by atoms with Crippen molar-refractivity contribution in [3.05, 3.63) is 22.9 Å². The van der Waals surface area contributed by atoms with Crippen LogP contribution in [0.25, 0.3) is 0 Å². The van der Waals surface area contributed by atoms with E-state index in [0.29, 0.717) is 0 Å². The highest BCUT2D eigenvalue weighted by Crippen LogP contribution is 2.22. The van der Waals surface area contributed by atoms with E-state index in [-0.39, 0.29) is 0 Å². The number of aryl methyl sites for hydroxylation is 2. The molecule has 0 amide bonds. The van der Waals surface area contributed by atoms with Crippen molar-refractivity contribution >= 4 is 5.82 Å². The standard InChI is InChI=1S/C16H30N4/c1-7-8-20(10-9-19(5)6)16-15(12-17-4)13(2)11-14(3)18-16/h11,17H,7-10,12H2,1-6H3. The average Bonchev–Trinajstić information content (AvgIpc) is 2.37. The molecule has 4 heteroatoms. The van der Waals surface area contributed by atoms with Crippen molar-refractivity contribution in [2.75, 3.05) is 45.7 Å². The molecule has 0 aliphatic rings. The molecule has 0 fully saturated rings. The van der Waals surface area contributed by atoms with Crippen LogP contribution in [0.4, 0.5) is 5.82 Å². The van der Waals surface area contributed by atoms with Crippen LogP contribution in [0.3, 0.4) is 0 Å². The van der Waals surface area contributed by atoms with Gasteiger partial charge in [0.1, 0.15) is 5.82 Å². The van der Waals surface area contributed by atoms with Crippen LogP contribution in [0.5, 0.6) is 0 Å². The van der Waals surface area contributed by atoms with Crippen molar-refractivity contribution in [3.63, 3.8) is 0 Å². The second kappa shape index (κ2) is 8.22. The quantitative estimate of drug-likeness (QED) is 0.790. The molecule has 0 spiro atoms. The molecule has 0 unspecified atom stereocenters. The fraction of sp³-hybridized carbons (Fsp3) is 0.688. The summed E-state index contributed by atoms with van der Waals surface area (Å²) < 4.78 is 0. The summed E-state index contributed by atoms with van der Waals surface area (Å²) in [7, 11) is 6.23. The molecule has 0 bridgehead atoms. The zero-order valence-electron chi connectivity index (χ0n) is 14.0. The van der Waals surface area contributed by atoms with Gasteiger partial charge in [-0.15, -0.1) is 0 Å². The highest BCUT2D eigenvalue weighted by Gasteiger charge is 2.15. The smallest absolute Gasteiger partial charge is 0.133 e. The molecule has 1 N–H and O–H groups in total. The van der Waals surface area contributed by atoms with Crippen LogP contribution in [-0.2, 0) is 6.54 Å². The highest BCUT2D eigenvalue weighted by molar-refractivity contribution is 5.51. The van der Waals surface area contributed by atoms with E-state index in [4.69, 9.17) is 4.98 Å². The lowest BCUT2D eigenvalue weighted by Gasteiger charge is -2.28. The number of likely N-dealkylation sites (N-methyl/N-ethyl adjacent to an activating group) is 1. The van der Waals surface area contributed by atoms with E-state index >= 15 is 0 Å². The number of hydrogen-bond donors (Lipinski definition) is 1. The molecule has 0 atom stereocenters. The van der Waals surface area contributed by atoms with E-state index in [1.165, 1.54) is 11.1 Å². The van der Waals surface area contributed by atoms with Gasteiger partial charge in [0.2, 0.25) is 0 Å². The third-order valence-electron chi connectivity index (χ3n) is 3.42. The molecular weight excluding hydrogens is 248 g/mol. The summed E-state index contributed by atoms with van der Waals surface area (Å²) in [5, 5.41) is 3.27. The van der Waals surface area contributed by atoms with Gasteiger partial charge in [0.05, 0.1) is 0 Å². The third-order valence-corrected chi connectivity index (χ3v) is 3.42. The number of nitrogens with zero attached hydrogens (tertiary/aromatic N) is 3. The Kier molecular flexibility index (Phi) is 6.96. The third kappa shape index (κ3) is 4.76. The molecule has 0 radical (unpaired) electrons. The topological polar surface area (TPSA) is 31.4 Å². The van der Waals surface area contributed by atoms with E-state index in [9.17, 15) is 0 Å². The Morgan fingerprint density at radius 3 is 2.40 bits per heavy atom. The van der Waals surface area contributed by atoms with E-state index in [0.717, 1.165) is 44.1 Å². The molecule has 0 aliphatic carbocycles. The van der Waals surface area contributed by atoms with Crippen LogP contribution in [0.15, 0.2) is 6.07 Å². The predicted molar refractivity (Wildman–Crippen MR) is 87.5 cm³/mol. The molecule has 1 aromatic heterocycles. The minimum absolute atomic E-state index is 0.872. The second-order valence-electron chi connectivity index (χ2n) is 5.70. The number of aromatic nitrogens is 1. The molecule has 1 heterocycles. The molecule has 0 saturated heterocycles. The van der Waals surface area contributed by atoms with Gasteiger partial charge in [0, 0.05) is 37.4 Å². The maximum atomic E-state index is 4.82. The van der Waals surface area contributed by atoms with Crippen LogP contribution in [-0.4, -0.2) is 50.7 Å². The Bertz CT molecular complexity index is 415. The van der Waals surface area contributed by atoms with Gasteiger partial charge in [-0.1, -0.05) is 6.92 Å². The molecule has 20 heavy (non-hydrogen) atoms. The average molecular weight is 278 g/mol. The Balaban J connectivity index is 3.09. The van der Waals surface area contributed by atoms with Gasteiger partial charge < -0.3 is 15.1 Å². The Morgan fingerprint density at radius 2 is 1.85 bits per heavy atom. The van der Waals surface area contributed by atoms with Gasteiger partial charge in [-0.05, 0) is 53.0 Å². The Morgan fingerprint density at radius 1 is 1.15 bits per heavy atom. The van der Waals surface area contributed by atoms with Crippen molar-refractivity contribution in [2.45, 2.75) is 33.7 Å². The fourth-order valence-corrected chi connectivity index (χ4v) is 2.41. The molecule has 4 nitrogen and oxygen atoms in total. The summed E-state index contributed by atoms with van der Waals surface area (Å²) in [4.78, 5) is 9.47. The summed E-state index contributed by atoms with van der Waals surface area (Å²) in [6.45, 7) is 10.5. The number of nitrogens with one attached hydrogen (secondary N) is 1. The van der Waals surface area contributed by atoms with E-state index in [1.54, 1.807) is 0 Å². The highest BCUT2D eigenvalue weighted by atomic mass is 15.2. The molecule has 0 aliphatic heterocycles. The van der Waals surface area contributed by atoms with Crippen LogP contribution >= 0.6 is 0 Å². The number of anilines is 1. The fourth-order valence-electron chi connectivity index (χ4n) is 2.41. The summed E-state index contributed by atoms with van der Waals surface area (Å²) >= 11 is 0. The molecular formula is C16H30N4. The zero-order valence-corrected chi connectivity index (χ0v) is 14.0. The summed E-state index contributed by atoms with van der Waals surface area (Å²) in [5.74, 6) is 1.15. The van der Waals surface area contributed by atoms with Crippen molar-refractivity contribution < 1.29 is 0 Å². The zero-order chi connectivity index (χ0) is 15.1. The SMILES string of the molecule is CCCN(CCN(C)C)c1nc(C)cc(C)c1CNC. The van der Waals surface area contributed by atoms with Crippen molar-refractivity contribution in [2.24, 2.45) is 0 Å². The minimum Gasteiger partial charge on any atom is -0.355 e. The first-order valence-corrected chi connectivity index (χ1v) is 7.51. The van der Waals surface area contributed by atoms with Gasteiger partial charge in [-0.25, -0.2) is 4.98 Å². The first-order valence-electron chi connectivity index (χ1n) is 7.51. The first-order chi connectivity index (χ1) is 9.49. The minimum atomic E-state index is 0.872. The molecule has 1 rings (SSSR count). The van der Waals surface area contributed by atoms with Crippen LogP contribution in [0.2, 0.25) is 0 Å². The van der Waals surface area contributed by atoms with Gasteiger partial charge in [-0.3, -0.25) is 0 Å². The van der Waals surface area contributed by atoms with Crippen LogP contribution in [0.1, 0.15) is 30.2 Å². The Labute approximate surface area is 124 Å². The summed E-state index contributed by atoms with van der Waals surface area (Å²) in [6, 6.07) is 2.17. The second-order valence-corrected chi connectivity index (χ2v) is 5.70. The van der Waals surface area contributed by atoms with Gasteiger partial charge in [-0.2, -0.15) is 0 Å². The van der Waals surface area contributed by atoms with Gasteiger partial charge >= 0.3 is 0 Å². The predicted octanol–water partition coefficient (Wildman–Crippen LogP) is 2.20. The van der Waals surface area contributed by atoms with E-state index < -0.39 is 0 Å². The monoisotopic (exact) mass is 278 g/mol. The van der Waals surface area contributed by atoms with E-state index in [1.807, 2.05) is 7.05 Å². The lowest BCUT2D eigenvalue weighted by atomic mass is 10.1.